The number of carboxylic acids is 1. The molecule has 10 heteroatoms. The Morgan fingerprint density at radius 1 is 1.17 bits per heavy atom. The van der Waals surface area contributed by atoms with Crippen LogP contribution in [0.15, 0.2) is 23.8 Å². The second-order valence-corrected chi connectivity index (χ2v) is 4.71. The SMILES string of the molecule is CC1=C(C(=O)O)c2cc(C(F)(F)C(F)(F)F)ccc2OC1(F)F. The van der Waals surface area contributed by atoms with Gasteiger partial charge in [0.15, 0.2) is 0 Å². The van der Waals surface area contributed by atoms with E-state index in [4.69, 9.17) is 5.11 Å². The molecule has 0 unspecified atom stereocenters. The molecular weight excluding hydrogens is 337 g/mol. The second-order valence-electron chi connectivity index (χ2n) is 4.71. The molecule has 1 aliphatic heterocycles. The molecule has 23 heavy (non-hydrogen) atoms. The zero-order valence-electron chi connectivity index (χ0n) is 11.1. The number of hydrogen-bond donors (Lipinski definition) is 1. The maximum atomic E-state index is 13.5. The van der Waals surface area contributed by atoms with Crippen LogP contribution < -0.4 is 4.74 Å². The van der Waals surface area contributed by atoms with Crippen LogP contribution in [0.1, 0.15) is 18.1 Å². The van der Waals surface area contributed by atoms with Crippen LogP contribution >= 0.6 is 0 Å². The van der Waals surface area contributed by atoms with Gasteiger partial charge in [0.1, 0.15) is 5.75 Å². The normalized spacial score (nSPS) is 17.6. The summed E-state index contributed by atoms with van der Waals surface area (Å²) in [6.45, 7) is 0.682. The molecule has 0 spiro atoms. The van der Waals surface area contributed by atoms with E-state index < -0.39 is 52.2 Å². The number of rotatable bonds is 2. The summed E-state index contributed by atoms with van der Waals surface area (Å²) >= 11 is 0. The van der Waals surface area contributed by atoms with Crippen LogP contribution in [0.5, 0.6) is 5.75 Å². The fourth-order valence-electron chi connectivity index (χ4n) is 2.01. The second kappa shape index (κ2) is 4.87. The minimum atomic E-state index is -5.93. The smallest absolute Gasteiger partial charge is 0.458 e. The highest BCUT2D eigenvalue weighted by molar-refractivity contribution is 6.18. The van der Waals surface area contributed by atoms with E-state index >= 15 is 0 Å². The predicted molar refractivity (Wildman–Crippen MR) is 62.2 cm³/mol. The topological polar surface area (TPSA) is 46.5 Å². The number of ether oxygens (including phenoxy) is 1. The van der Waals surface area contributed by atoms with Crippen molar-refractivity contribution in [1.29, 1.82) is 0 Å². The highest BCUT2D eigenvalue weighted by Gasteiger charge is 2.59. The molecule has 1 aromatic carbocycles. The van der Waals surface area contributed by atoms with Gasteiger partial charge in [0.05, 0.1) is 11.1 Å². The lowest BCUT2D eigenvalue weighted by Crippen LogP contribution is -2.35. The maximum Gasteiger partial charge on any atom is 0.458 e. The number of hydrogen-bond acceptors (Lipinski definition) is 2. The van der Waals surface area contributed by atoms with E-state index in [9.17, 15) is 35.5 Å². The van der Waals surface area contributed by atoms with Crippen molar-refractivity contribution in [2.45, 2.75) is 25.1 Å². The van der Waals surface area contributed by atoms with Gasteiger partial charge in [0, 0.05) is 11.1 Å². The van der Waals surface area contributed by atoms with Crippen molar-refractivity contribution in [3.05, 3.63) is 34.9 Å². The third-order valence-corrected chi connectivity index (χ3v) is 3.23. The van der Waals surface area contributed by atoms with Crippen LogP contribution in [0.2, 0.25) is 0 Å². The Morgan fingerprint density at radius 2 is 1.74 bits per heavy atom. The standard InChI is InChI=1S/C13H7F7O3/c1-5-9(10(21)22)7-4-6(11(14,15)13(18,19)20)2-3-8(7)23-12(5,16)17/h2-4H,1H3,(H,21,22). The molecule has 1 heterocycles. The molecule has 0 saturated carbocycles. The van der Waals surface area contributed by atoms with Gasteiger partial charge in [-0.2, -0.15) is 30.7 Å². The third-order valence-electron chi connectivity index (χ3n) is 3.23. The monoisotopic (exact) mass is 344 g/mol. The minimum absolute atomic E-state index is 0.186. The average Bonchev–Trinajstić information content (AvgIpc) is 2.37. The van der Waals surface area contributed by atoms with Gasteiger partial charge in [0.25, 0.3) is 0 Å². The predicted octanol–water partition coefficient (Wildman–Crippen LogP) is 4.18. The van der Waals surface area contributed by atoms with Crippen molar-refractivity contribution < 1.29 is 45.4 Å². The summed E-state index contributed by atoms with van der Waals surface area (Å²) in [5.41, 5.74) is -4.55. The molecule has 0 saturated heterocycles. The first-order valence-corrected chi connectivity index (χ1v) is 5.90. The van der Waals surface area contributed by atoms with Crippen molar-refractivity contribution >= 4 is 11.5 Å². The summed E-state index contributed by atoms with van der Waals surface area (Å²) in [6.07, 6.45) is -9.95. The number of benzene rings is 1. The summed E-state index contributed by atoms with van der Waals surface area (Å²) in [4.78, 5) is 11.1. The molecule has 0 amide bonds. The van der Waals surface area contributed by atoms with Crippen molar-refractivity contribution in [3.8, 4) is 5.75 Å². The van der Waals surface area contributed by atoms with E-state index in [0.717, 1.165) is 0 Å². The van der Waals surface area contributed by atoms with E-state index in [-0.39, 0.29) is 12.1 Å². The Labute approximate surface area is 124 Å². The average molecular weight is 344 g/mol. The highest BCUT2D eigenvalue weighted by atomic mass is 19.4. The molecule has 0 radical (unpaired) electrons. The van der Waals surface area contributed by atoms with E-state index in [1.807, 2.05) is 0 Å². The van der Waals surface area contributed by atoms with E-state index in [2.05, 4.69) is 4.74 Å². The van der Waals surface area contributed by atoms with Crippen molar-refractivity contribution in [3.63, 3.8) is 0 Å². The molecule has 3 nitrogen and oxygen atoms in total. The number of halogens is 7. The zero-order chi connectivity index (χ0) is 17.8. The lowest BCUT2D eigenvalue weighted by Gasteiger charge is -2.28. The Balaban J connectivity index is 2.70. The quantitative estimate of drug-likeness (QED) is 0.819. The first-order valence-electron chi connectivity index (χ1n) is 5.90. The van der Waals surface area contributed by atoms with Gasteiger partial charge in [-0.3, -0.25) is 0 Å². The number of fused-ring (bicyclic) bond motifs is 1. The molecule has 126 valence electrons. The van der Waals surface area contributed by atoms with Crippen LogP contribution in [0.3, 0.4) is 0 Å². The number of carboxylic acid groups (broad SMARTS) is 1. The lowest BCUT2D eigenvalue weighted by atomic mass is 9.93. The number of alkyl halides is 7. The summed E-state index contributed by atoms with van der Waals surface area (Å²) in [5, 5.41) is 8.98. The molecule has 0 aromatic heterocycles. The first-order chi connectivity index (χ1) is 10.3. The van der Waals surface area contributed by atoms with E-state index in [0.29, 0.717) is 13.0 Å². The van der Waals surface area contributed by atoms with Crippen LogP contribution in [0, 0.1) is 0 Å². The summed E-state index contributed by atoms with van der Waals surface area (Å²) in [5.74, 6) is -7.99. The molecule has 0 atom stereocenters. The van der Waals surface area contributed by atoms with Crippen LogP contribution in [-0.2, 0) is 10.7 Å². The van der Waals surface area contributed by atoms with Crippen LogP contribution in [-0.4, -0.2) is 23.4 Å². The maximum absolute atomic E-state index is 13.5. The van der Waals surface area contributed by atoms with E-state index in [1.165, 1.54) is 0 Å². The Kier molecular flexibility index (Phi) is 3.62. The van der Waals surface area contributed by atoms with Gasteiger partial charge in [-0.05, 0) is 25.1 Å². The molecular formula is C13H7F7O3. The van der Waals surface area contributed by atoms with Gasteiger partial charge in [0.2, 0.25) is 0 Å². The Hall–Kier alpha value is -2.26. The van der Waals surface area contributed by atoms with Crippen molar-refractivity contribution in [1.82, 2.24) is 0 Å². The number of carbonyl (C=O) groups is 1. The summed E-state index contributed by atoms with van der Waals surface area (Å²) < 4.78 is 95.1. The fraction of sp³-hybridized carbons (Fsp3) is 0.308. The van der Waals surface area contributed by atoms with Crippen molar-refractivity contribution in [2.24, 2.45) is 0 Å². The molecule has 0 aliphatic carbocycles. The molecule has 2 rings (SSSR count). The third kappa shape index (κ3) is 2.62. The van der Waals surface area contributed by atoms with Crippen LogP contribution in [0.4, 0.5) is 30.7 Å². The van der Waals surface area contributed by atoms with Crippen LogP contribution in [0.25, 0.3) is 5.57 Å². The van der Waals surface area contributed by atoms with Gasteiger partial charge in [-0.15, -0.1) is 0 Å². The van der Waals surface area contributed by atoms with E-state index in [1.54, 1.807) is 0 Å². The highest BCUT2D eigenvalue weighted by Crippen LogP contribution is 2.48. The summed E-state index contributed by atoms with van der Waals surface area (Å²) in [7, 11) is 0. The molecule has 1 aliphatic rings. The molecule has 1 aromatic rings. The first kappa shape index (κ1) is 17.1. The van der Waals surface area contributed by atoms with Gasteiger partial charge < -0.3 is 9.84 Å². The van der Waals surface area contributed by atoms with Gasteiger partial charge in [-0.25, -0.2) is 4.79 Å². The fourth-order valence-corrected chi connectivity index (χ4v) is 2.01. The van der Waals surface area contributed by atoms with Gasteiger partial charge >= 0.3 is 24.2 Å². The Morgan fingerprint density at radius 3 is 2.22 bits per heavy atom. The molecule has 0 fully saturated rings. The number of aliphatic carboxylic acids is 1. The minimum Gasteiger partial charge on any atom is -0.478 e. The largest absolute Gasteiger partial charge is 0.478 e. The van der Waals surface area contributed by atoms with Gasteiger partial charge in [-0.1, -0.05) is 0 Å². The van der Waals surface area contributed by atoms with Crippen molar-refractivity contribution in [2.75, 3.05) is 0 Å². The molecule has 0 bridgehead atoms. The Bertz CT molecular complexity index is 704. The zero-order valence-corrected chi connectivity index (χ0v) is 11.1. The summed E-state index contributed by atoms with van der Waals surface area (Å²) in [6, 6.07) is 0.890. The lowest BCUT2D eigenvalue weighted by molar-refractivity contribution is -0.289. The molecule has 1 N–H and O–H groups in total.